The van der Waals surface area contributed by atoms with E-state index in [0.717, 1.165) is 16.1 Å². The number of benzene rings is 2. The minimum Gasteiger partial charge on any atom is -0.346 e. The van der Waals surface area contributed by atoms with Crippen LogP contribution in [0.1, 0.15) is 33.3 Å². The minimum absolute atomic E-state index is 0.0573. The fraction of sp³-hybridized carbons (Fsp3) is 0.143. The van der Waals surface area contributed by atoms with Gasteiger partial charge in [0.05, 0.1) is 0 Å². The molecule has 0 saturated heterocycles. The van der Waals surface area contributed by atoms with Crippen molar-refractivity contribution in [2.45, 2.75) is 23.6 Å². The van der Waals surface area contributed by atoms with Gasteiger partial charge in [-0.25, -0.2) is 0 Å². The van der Waals surface area contributed by atoms with Crippen molar-refractivity contribution < 1.29 is 9.59 Å². The molecule has 1 heterocycles. The van der Waals surface area contributed by atoms with Crippen LogP contribution in [-0.4, -0.2) is 16.3 Å². The van der Waals surface area contributed by atoms with E-state index in [0.29, 0.717) is 11.3 Å². The van der Waals surface area contributed by atoms with Gasteiger partial charge in [-0.2, -0.15) is 0 Å². The summed E-state index contributed by atoms with van der Waals surface area (Å²) in [6, 6.07) is 17.7. The average molecular weight is 364 g/mol. The third kappa shape index (κ3) is 4.06. The lowest BCUT2D eigenvalue weighted by molar-refractivity contribution is 0.101. The van der Waals surface area contributed by atoms with Crippen molar-refractivity contribution in [2.75, 3.05) is 5.32 Å². The van der Waals surface area contributed by atoms with Gasteiger partial charge in [-0.3, -0.25) is 9.59 Å². The van der Waals surface area contributed by atoms with Crippen molar-refractivity contribution in [1.82, 2.24) is 4.57 Å². The number of carbonyl (C=O) groups is 2. The first-order valence-electron chi connectivity index (χ1n) is 8.26. The third-order valence-electron chi connectivity index (χ3n) is 4.07. The van der Waals surface area contributed by atoms with Crippen molar-refractivity contribution in [1.29, 1.82) is 0 Å². The van der Waals surface area contributed by atoms with Gasteiger partial charge in [-0.1, -0.05) is 30.0 Å². The molecule has 1 amide bonds. The van der Waals surface area contributed by atoms with Crippen molar-refractivity contribution in [2.24, 2.45) is 7.05 Å². The molecule has 26 heavy (non-hydrogen) atoms. The second kappa shape index (κ2) is 7.62. The zero-order valence-corrected chi connectivity index (χ0v) is 15.8. The second-order valence-electron chi connectivity index (χ2n) is 6.13. The Morgan fingerprint density at radius 1 is 1.00 bits per heavy atom. The summed E-state index contributed by atoms with van der Waals surface area (Å²) in [6.45, 7) is 3.46. The molecular weight excluding hydrogens is 344 g/mol. The molecule has 5 heteroatoms. The lowest BCUT2D eigenvalue weighted by Crippen LogP contribution is -2.16. The fourth-order valence-electron chi connectivity index (χ4n) is 2.63. The van der Waals surface area contributed by atoms with Crippen LogP contribution in [0.15, 0.2) is 70.6 Å². The summed E-state index contributed by atoms with van der Waals surface area (Å²) in [5.74, 6) is -0.287. The van der Waals surface area contributed by atoms with Gasteiger partial charge in [0.2, 0.25) is 0 Å². The van der Waals surface area contributed by atoms with Crippen LogP contribution >= 0.6 is 11.8 Å². The number of rotatable bonds is 5. The summed E-state index contributed by atoms with van der Waals surface area (Å²) < 4.78 is 1.67. The number of carbonyl (C=O) groups excluding carboxylic acids is 2. The van der Waals surface area contributed by atoms with E-state index in [4.69, 9.17) is 0 Å². The Morgan fingerprint density at radius 3 is 2.35 bits per heavy atom. The molecule has 0 saturated carbocycles. The highest BCUT2D eigenvalue weighted by Gasteiger charge is 2.15. The number of hydrogen-bond donors (Lipinski definition) is 1. The van der Waals surface area contributed by atoms with E-state index < -0.39 is 0 Å². The van der Waals surface area contributed by atoms with E-state index in [-0.39, 0.29) is 11.7 Å². The van der Waals surface area contributed by atoms with Gasteiger partial charge < -0.3 is 9.88 Å². The molecule has 0 fully saturated rings. The number of hydrogen-bond acceptors (Lipinski definition) is 3. The minimum atomic E-state index is -0.230. The molecule has 0 atom stereocenters. The molecule has 132 valence electrons. The molecule has 3 aromatic rings. The van der Waals surface area contributed by atoms with Crippen LogP contribution in [0.25, 0.3) is 0 Å². The van der Waals surface area contributed by atoms with Gasteiger partial charge in [0.1, 0.15) is 5.69 Å². The Hall–Kier alpha value is -2.79. The number of nitrogens with one attached hydrogen (secondary N) is 1. The van der Waals surface area contributed by atoms with E-state index in [1.165, 1.54) is 11.8 Å². The second-order valence-corrected chi connectivity index (χ2v) is 7.27. The van der Waals surface area contributed by atoms with Gasteiger partial charge in [0.15, 0.2) is 5.78 Å². The number of anilines is 1. The number of amides is 1. The van der Waals surface area contributed by atoms with Crippen molar-refractivity contribution >= 4 is 29.1 Å². The summed E-state index contributed by atoms with van der Waals surface area (Å²) in [5.41, 5.74) is 2.74. The van der Waals surface area contributed by atoms with Crippen LogP contribution in [0.3, 0.4) is 0 Å². The molecule has 0 bridgehead atoms. The smallest absolute Gasteiger partial charge is 0.272 e. The number of ketones is 1. The predicted octanol–water partition coefficient (Wildman–Crippen LogP) is 4.94. The Balaban J connectivity index is 1.76. The van der Waals surface area contributed by atoms with E-state index in [1.54, 1.807) is 35.6 Å². The third-order valence-corrected chi connectivity index (χ3v) is 5.07. The number of aryl methyl sites for hydroxylation is 2. The van der Waals surface area contributed by atoms with Gasteiger partial charge in [0, 0.05) is 34.3 Å². The van der Waals surface area contributed by atoms with Crippen LogP contribution in [-0.2, 0) is 7.05 Å². The average Bonchev–Trinajstić information content (AvgIpc) is 3.00. The summed E-state index contributed by atoms with van der Waals surface area (Å²) in [7, 11) is 1.76. The standard InChI is InChI=1S/C21H20N2O2S/c1-14-11-18(26-17-7-5-4-6-8-17)9-10-19(14)22-21(25)20-12-16(15(2)24)13-23(20)3/h4-13H,1-3H3,(H,22,25). The topological polar surface area (TPSA) is 51.1 Å². The van der Waals surface area contributed by atoms with Gasteiger partial charge in [0.25, 0.3) is 5.91 Å². The molecule has 0 aliphatic carbocycles. The summed E-state index contributed by atoms with van der Waals surface area (Å²) in [5, 5.41) is 2.93. The molecule has 1 aromatic heterocycles. The van der Waals surface area contributed by atoms with Gasteiger partial charge in [-0.05, 0) is 55.8 Å². The first-order chi connectivity index (χ1) is 12.4. The highest BCUT2D eigenvalue weighted by atomic mass is 32.2. The Labute approximate surface area is 157 Å². The van der Waals surface area contributed by atoms with Crippen molar-refractivity contribution in [3.63, 3.8) is 0 Å². The quantitative estimate of drug-likeness (QED) is 0.653. The number of aromatic nitrogens is 1. The molecule has 0 aliphatic heterocycles. The van der Waals surface area contributed by atoms with E-state index in [2.05, 4.69) is 23.5 Å². The van der Waals surface area contributed by atoms with Crippen molar-refractivity contribution in [3.05, 3.63) is 77.6 Å². The zero-order chi connectivity index (χ0) is 18.7. The predicted molar refractivity (Wildman–Crippen MR) is 105 cm³/mol. The van der Waals surface area contributed by atoms with Crippen LogP contribution < -0.4 is 5.32 Å². The summed E-state index contributed by atoms with van der Waals surface area (Å²) >= 11 is 1.68. The molecule has 1 N–H and O–H groups in total. The monoisotopic (exact) mass is 364 g/mol. The maximum absolute atomic E-state index is 12.6. The van der Waals surface area contributed by atoms with Crippen LogP contribution in [0, 0.1) is 6.92 Å². The largest absolute Gasteiger partial charge is 0.346 e. The first kappa shape index (κ1) is 18.0. The normalized spacial score (nSPS) is 10.6. The molecule has 0 radical (unpaired) electrons. The maximum Gasteiger partial charge on any atom is 0.272 e. The van der Waals surface area contributed by atoms with Crippen molar-refractivity contribution in [3.8, 4) is 0 Å². The van der Waals surface area contributed by atoms with Crippen LogP contribution in [0.2, 0.25) is 0 Å². The summed E-state index contributed by atoms with van der Waals surface area (Å²) in [6.07, 6.45) is 1.67. The van der Waals surface area contributed by atoms with E-state index in [1.807, 2.05) is 37.3 Å². The number of nitrogens with zero attached hydrogens (tertiary/aromatic N) is 1. The molecular formula is C21H20N2O2S. The van der Waals surface area contributed by atoms with E-state index >= 15 is 0 Å². The molecule has 3 rings (SSSR count). The fourth-order valence-corrected chi connectivity index (χ4v) is 3.57. The highest BCUT2D eigenvalue weighted by molar-refractivity contribution is 7.99. The Morgan fingerprint density at radius 2 is 1.73 bits per heavy atom. The molecule has 0 spiro atoms. The number of Topliss-reactive ketones (excluding diaryl/α,β-unsaturated/α-hetero) is 1. The van der Waals surface area contributed by atoms with Crippen LogP contribution in [0.5, 0.6) is 0 Å². The van der Waals surface area contributed by atoms with Gasteiger partial charge >= 0.3 is 0 Å². The maximum atomic E-state index is 12.6. The van der Waals surface area contributed by atoms with Crippen LogP contribution in [0.4, 0.5) is 5.69 Å². The summed E-state index contributed by atoms with van der Waals surface area (Å²) in [4.78, 5) is 26.3. The van der Waals surface area contributed by atoms with E-state index in [9.17, 15) is 9.59 Å². The van der Waals surface area contributed by atoms with Gasteiger partial charge in [-0.15, -0.1) is 0 Å². The zero-order valence-electron chi connectivity index (χ0n) is 14.9. The molecule has 0 aliphatic rings. The molecule has 0 unspecified atom stereocenters. The lowest BCUT2D eigenvalue weighted by atomic mass is 10.2. The Kier molecular flexibility index (Phi) is 5.28. The highest BCUT2D eigenvalue weighted by Crippen LogP contribution is 2.30. The Bertz CT molecular complexity index is 961. The first-order valence-corrected chi connectivity index (χ1v) is 9.08. The molecule has 2 aromatic carbocycles. The lowest BCUT2D eigenvalue weighted by Gasteiger charge is -2.11. The SMILES string of the molecule is CC(=O)c1cc(C(=O)Nc2ccc(Sc3ccccc3)cc2C)n(C)c1. The molecule has 4 nitrogen and oxygen atoms in total.